The van der Waals surface area contributed by atoms with Gasteiger partial charge in [-0.15, -0.1) is 0 Å². The first-order valence-electron chi connectivity index (χ1n) is 7.83. The molecule has 0 bridgehead atoms. The molecule has 18 heavy (non-hydrogen) atoms. The van der Waals surface area contributed by atoms with E-state index in [0.29, 0.717) is 0 Å². The van der Waals surface area contributed by atoms with E-state index in [9.17, 15) is 0 Å². The van der Waals surface area contributed by atoms with Crippen LogP contribution in [0.3, 0.4) is 0 Å². The summed E-state index contributed by atoms with van der Waals surface area (Å²) in [5, 5.41) is 0. The summed E-state index contributed by atoms with van der Waals surface area (Å²) < 4.78 is 12.0. The Balaban J connectivity index is 3.77. The SMILES string of the molecule is CCCCCO[Si](C)(C)OCC(CC)CCCC. The van der Waals surface area contributed by atoms with Gasteiger partial charge < -0.3 is 8.85 Å². The van der Waals surface area contributed by atoms with Crippen LogP contribution in [0.4, 0.5) is 0 Å². The second-order valence-corrected chi connectivity index (χ2v) is 9.06. The minimum absolute atomic E-state index is 0.718. The smallest absolute Gasteiger partial charge is 0.331 e. The predicted molar refractivity (Wildman–Crippen MR) is 82.2 cm³/mol. The first-order valence-corrected chi connectivity index (χ1v) is 10.6. The van der Waals surface area contributed by atoms with Crippen LogP contribution in [0, 0.1) is 5.92 Å². The Morgan fingerprint density at radius 3 is 2.11 bits per heavy atom. The molecule has 110 valence electrons. The topological polar surface area (TPSA) is 18.5 Å². The van der Waals surface area contributed by atoms with Gasteiger partial charge in [-0.05, 0) is 31.9 Å². The Morgan fingerprint density at radius 1 is 0.889 bits per heavy atom. The van der Waals surface area contributed by atoms with Crippen molar-refractivity contribution in [3.8, 4) is 0 Å². The van der Waals surface area contributed by atoms with Crippen molar-refractivity contribution in [2.45, 2.75) is 78.8 Å². The molecule has 0 heterocycles. The maximum atomic E-state index is 6.08. The fourth-order valence-electron chi connectivity index (χ4n) is 1.93. The Hall–Kier alpha value is 0.137. The van der Waals surface area contributed by atoms with Crippen LogP contribution in [-0.4, -0.2) is 21.8 Å². The Labute approximate surface area is 116 Å². The summed E-state index contributed by atoms with van der Waals surface area (Å²) >= 11 is 0. The zero-order chi connectivity index (χ0) is 13.9. The standard InChI is InChI=1S/C15H34O2Si/c1-6-9-11-13-16-18(4,5)17-14-15(8-3)12-10-7-2/h15H,6-14H2,1-5H3. The van der Waals surface area contributed by atoms with Gasteiger partial charge in [0.2, 0.25) is 0 Å². The van der Waals surface area contributed by atoms with Crippen molar-refractivity contribution in [1.82, 2.24) is 0 Å². The van der Waals surface area contributed by atoms with Crippen molar-refractivity contribution >= 4 is 8.56 Å². The van der Waals surface area contributed by atoms with Crippen molar-refractivity contribution in [2.75, 3.05) is 13.2 Å². The third-order valence-electron chi connectivity index (χ3n) is 3.41. The fourth-order valence-corrected chi connectivity index (χ4v) is 3.28. The van der Waals surface area contributed by atoms with Crippen molar-refractivity contribution in [2.24, 2.45) is 5.92 Å². The quantitative estimate of drug-likeness (QED) is 0.363. The van der Waals surface area contributed by atoms with Gasteiger partial charge in [-0.1, -0.05) is 52.9 Å². The number of rotatable bonds is 12. The maximum Gasteiger partial charge on any atom is 0.331 e. The van der Waals surface area contributed by atoms with Gasteiger partial charge in [0.1, 0.15) is 0 Å². The average molecular weight is 275 g/mol. The molecule has 0 aliphatic heterocycles. The van der Waals surface area contributed by atoms with E-state index in [-0.39, 0.29) is 0 Å². The summed E-state index contributed by atoms with van der Waals surface area (Å²) in [7, 11) is -1.87. The Kier molecular flexibility index (Phi) is 11.1. The minimum atomic E-state index is -1.87. The third-order valence-corrected chi connectivity index (χ3v) is 5.17. The molecule has 0 saturated heterocycles. The van der Waals surface area contributed by atoms with E-state index in [1.807, 2.05) is 0 Å². The molecule has 1 atom stereocenters. The second kappa shape index (κ2) is 11.0. The zero-order valence-corrected chi connectivity index (χ0v) is 14.3. The van der Waals surface area contributed by atoms with Crippen LogP contribution < -0.4 is 0 Å². The van der Waals surface area contributed by atoms with Gasteiger partial charge in [0.05, 0.1) is 0 Å². The molecule has 2 nitrogen and oxygen atoms in total. The van der Waals surface area contributed by atoms with E-state index < -0.39 is 8.56 Å². The van der Waals surface area contributed by atoms with Crippen LogP contribution >= 0.6 is 0 Å². The molecule has 3 heteroatoms. The molecule has 0 aromatic carbocycles. The Morgan fingerprint density at radius 2 is 1.56 bits per heavy atom. The largest absolute Gasteiger partial charge is 0.395 e. The molecule has 0 rings (SSSR count). The van der Waals surface area contributed by atoms with Crippen molar-refractivity contribution in [3.63, 3.8) is 0 Å². The lowest BCUT2D eigenvalue weighted by Crippen LogP contribution is -2.37. The highest BCUT2D eigenvalue weighted by atomic mass is 28.4. The van der Waals surface area contributed by atoms with E-state index >= 15 is 0 Å². The van der Waals surface area contributed by atoms with Crippen molar-refractivity contribution < 1.29 is 8.85 Å². The lowest BCUT2D eigenvalue weighted by Gasteiger charge is -2.25. The van der Waals surface area contributed by atoms with E-state index in [1.165, 1.54) is 44.9 Å². The highest BCUT2D eigenvalue weighted by molar-refractivity contribution is 6.64. The second-order valence-electron chi connectivity index (χ2n) is 5.68. The fraction of sp³-hybridized carbons (Fsp3) is 1.00. The minimum Gasteiger partial charge on any atom is -0.395 e. The van der Waals surface area contributed by atoms with Gasteiger partial charge in [0, 0.05) is 13.2 Å². The summed E-state index contributed by atoms with van der Waals surface area (Å²) in [5.74, 6) is 0.718. The summed E-state index contributed by atoms with van der Waals surface area (Å²) in [4.78, 5) is 0. The Bertz CT molecular complexity index is 183. The van der Waals surface area contributed by atoms with Gasteiger partial charge >= 0.3 is 8.56 Å². The average Bonchev–Trinajstić information content (AvgIpc) is 2.35. The molecule has 0 aliphatic rings. The molecular formula is C15H34O2Si. The lowest BCUT2D eigenvalue weighted by molar-refractivity contribution is 0.146. The van der Waals surface area contributed by atoms with Crippen LogP contribution in [-0.2, 0) is 8.85 Å². The first kappa shape index (κ1) is 18.1. The first-order chi connectivity index (χ1) is 8.55. The molecular weight excluding hydrogens is 240 g/mol. The molecule has 0 N–H and O–H groups in total. The molecule has 0 fully saturated rings. The highest BCUT2D eigenvalue weighted by Crippen LogP contribution is 2.16. The molecule has 0 saturated carbocycles. The van der Waals surface area contributed by atoms with Gasteiger partial charge in [-0.2, -0.15) is 0 Å². The molecule has 0 aromatic rings. The van der Waals surface area contributed by atoms with Gasteiger partial charge in [-0.25, -0.2) is 0 Å². The molecule has 1 unspecified atom stereocenters. The number of unbranched alkanes of at least 4 members (excludes halogenated alkanes) is 3. The summed E-state index contributed by atoms with van der Waals surface area (Å²) in [6.45, 7) is 12.8. The maximum absolute atomic E-state index is 6.08. The summed E-state index contributed by atoms with van der Waals surface area (Å²) in [6.07, 6.45) is 8.81. The van der Waals surface area contributed by atoms with Gasteiger partial charge in [0.25, 0.3) is 0 Å². The molecule has 0 aromatic heterocycles. The molecule has 0 spiro atoms. The van der Waals surface area contributed by atoms with Crippen molar-refractivity contribution in [1.29, 1.82) is 0 Å². The van der Waals surface area contributed by atoms with Crippen LogP contribution in [0.2, 0.25) is 13.1 Å². The highest BCUT2D eigenvalue weighted by Gasteiger charge is 2.25. The molecule has 0 aliphatic carbocycles. The lowest BCUT2D eigenvalue weighted by atomic mass is 10.0. The molecule has 0 amide bonds. The monoisotopic (exact) mass is 274 g/mol. The van der Waals surface area contributed by atoms with E-state index in [2.05, 4.69) is 33.9 Å². The van der Waals surface area contributed by atoms with Crippen LogP contribution in [0.25, 0.3) is 0 Å². The van der Waals surface area contributed by atoms with E-state index in [0.717, 1.165) is 19.1 Å². The summed E-state index contributed by atoms with van der Waals surface area (Å²) in [5.41, 5.74) is 0. The van der Waals surface area contributed by atoms with Crippen LogP contribution in [0.1, 0.15) is 65.7 Å². The van der Waals surface area contributed by atoms with Gasteiger partial charge in [-0.3, -0.25) is 0 Å². The van der Waals surface area contributed by atoms with Gasteiger partial charge in [0.15, 0.2) is 0 Å². The number of hydrogen-bond donors (Lipinski definition) is 0. The molecule has 0 radical (unpaired) electrons. The van der Waals surface area contributed by atoms with E-state index in [1.54, 1.807) is 0 Å². The van der Waals surface area contributed by atoms with Crippen molar-refractivity contribution in [3.05, 3.63) is 0 Å². The van der Waals surface area contributed by atoms with E-state index in [4.69, 9.17) is 8.85 Å². The normalized spacial score (nSPS) is 13.8. The predicted octanol–water partition coefficient (Wildman–Crippen LogP) is 5.13. The van der Waals surface area contributed by atoms with Crippen LogP contribution in [0.5, 0.6) is 0 Å². The summed E-state index contributed by atoms with van der Waals surface area (Å²) in [6, 6.07) is 0. The zero-order valence-electron chi connectivity index (χ0n) is 13.3. The third kappa shape index (κ3) is 10.1. The number of hydrogen-bond acceptors (Lipinski definition) is 2. The van der Waals surface area contributed by atoms with Crippen LogP contribution in [0.15, 0.2) is 0 Å².